The predicted octanol–water partition coefficient (Wildman–Crippen LogP) is 4.34. The SMILES string of the molecule is Cc1cc(/C=N\Nc2nc3ccccc3s2)c(C)n1C[C@H]1CCCO1. The van der Waals surface area contributed by atoms with Crippen LogP contribution in [0.4, 0.5) is 5.13 Å². The molecule has 1 aliphatic rings. The van der Waals surface area contributed by atoms with Crippen LogP contribution in [-0.4, -0.2) is 28.5 Å². The number of thiazole rings is 1. The summed E-state index contributed by atoms with van der Waals surface area (Å²) in [7, 11) is 0. The third-order valence-electron chi connectivity index (χ3n) is 4.68. The van der Waals surface area contributed by atoms with E-state index in [1.807, 2.05) is 24.4 Å². The summed E-state index contributed by atoms with van der Waals surface area (Å²) in [5.41, 5.74) is 7.65. The van der Waals surface area contributed by atoms with E-state index in [0.29, 0.717) is 6.10 Å². The zero-order valence-corrected chi connectivity index (χ0v) is 15.3. The van der Waals surface area contributed by atoms with Crippen LogP contribution in [-0.2, 0) is 11.3 Å². The average Bonchev–Trinajstić information content (AvgIpc) is 3.31. The number of hydrogen-bond donors (Lipinski definition) is 1. The van der Waals surface area contributed by atoms with E-state index < -0.39 is 0 Å². The number of fused-ring (bicyclic) bond motifs is 1. The maximum absolute atomic E-state index is 5.77. The van der Waals surface area contributed by atoms with E-state index in [1.54, 1.807) is 11.3 Å². The number of benzene rings is 1. The summed E-state index contributed by atoms with van der Waals surface area (Å²) < 4.78 is 9.26. The molecule has 0 aliphatic carbocycles. The monoisotopic (exact) mass is 354 g/mol. The molecule has 0 saturated carbocycles. The standard InChI is InChI=1S/C19H22N4OS/c1-13-10-15(14(2)23(13)12-16-6-5-9-24-16)11-20-22-19-21-17-7-3-4-8-18(17)25-19/h3-4,7-8,10-11,16H,5-6,9,12H2,1-2H3,(H,21,22)/b20-11-/t16-/m1/s1. The lowest BCUT2D eigenvalue weighted by atomic mass is 10.2. The van der Waals surface area contributed by atoms with E-state index in [1.165, 1.54) is 17.8 Å². The van der Waals surface area contributed by atoms with E-state index >= 15 is 0 Å². The van der Waals surface area contributed by atoms with Gasteiger partial charge in [-0.1, -0.05) is 23.5 Å². The number of hydrazone groups is 1. The van der Waals surface area contributed by atoms with E-state index in [2.05, 4.69) is 46.1 Å². The quantitative estimate of drug-likeness (QED) is 0.548. The molecule has 0 amide bonds. The Morgan fingerprint density at radius 2 is 2.28 bits per heavy atom. The third kappa shape index (κ3) is 3.45. The van der Waals surface area contributed by atoms with Gasteiger partial charge in [0.2, 0.25) is 5.13 Å². The van der Waals surface area contributed by atoms with Gasteiger partial charge in [-0.2, -0.15) is 5.10 Å². The number of ether oxygens (including phenoxy) is 1. The maximum atomic E-state index is 5.77. The van der Waals surface area contributed by atoms with Crippen molar-refractivity contribution in [2.75, 3.05) is 12.0 Å². The Morgan fingerprint density at radius 1 is 1.40 bits per heavy atom. The van der Waals surface area contributed by atoms with Crippen molar-refractivity contribution in [3.63, 3.8) is 0 Å². The van der Waals surface area contributed by atoms with Crippen LogP contribution in [0.25, 0.3) is 10.2 Å². The minimum Gasteiger partial charge on any atom is -0.376 e. The zero-order chi connectivity index (χ0) is 17.2. The van der Waals surface area contributed by atoms with Gasteiger partial charge in [-0.05, 0) is 44.9 Å². The van der Waals surface area contributed by atoms with Crippen molar-refractivity contribution in [2.45, 2.75) is 39.3 Å². The molecule has 3 heterocycles. The Labute approximate surface area is 151 Å². The normalized spacial score (nSPS) is 17.8. The van der Waals surface area contributed by atoms with Crippen molar-refractivity contribution < 1.29 is 4.74 Å². The summed E-state index contributed by atoms with van der Waals surface area (Å²) in [5, 5.41) is 5.19. The van der Waals surface area contributed by atoms with Crippen LogP contribution >= 0.6 is 11.3 Å². The van der Waals surface area contributed by atoms with Crippen molar-refractivity contribution >= 4 is 32.9 Å². The van der Waals surface area contributed by atoms with E-state index in [-0.39, 0.29) is 0 Å². The zero-order valence-electron chi connectivity index (χ0n) is 14.5. The molecule has 1 aliphatic heterocycles. The largest absolute Gasteiger partial charge is 0.376 e. The Balaban J connectivity index is 1.47. The smallest absolute Gasteiger partial charge is 0.204 e. The lowest BCUT2D eigenvalue weighted by molar-refractivity contribution is 0.0962. The van der Waals surface area contributed by atoms with Gasteiger partial charge in [-0.25, -0.2) is 4.98 Å². The molecule has 0 spiro atoms. The van der Waals surface area contributed by atoms with Gasteiger partial charge in [-0.3, -0.25) is 5.43 Å². The number of para-hydroxylation sites is 1. The average molecular weight is 354 g/mol. The molecule has 1 fully saturated rings. The number of aryl methyl sites for hydroxylation is 1. The first-order valence-corrected chi connectivity index (χ1v) is 9.45. The molecule has 1 saturated heterocycles. The molecule has 3 aromatic rings. The number of nitrogens with one attached hydrogen (secondary N) is 1. The molecular weight excluding hydrogens is 332 g/mol. The fraction of sp³-hybridized carbons (Fsp3) is 0.368. The third-order valence-corrected chi connectivity index (χ3v) is 5.62. The second-order valence-electron chi connectivity index (χ2n) is 6.43. The highest BCUT2D eigenvalue weighted by molar-refractivity contribution is 7.22. The minimum atomic E-state index is 0.343. The molecule has 0 bridgehead atoms. The molecule has 4 rings (SSSR count). The first kappa shape index (κ1) is 16.3. The van der Waals surface area contributed by atoms with Gasteiger partial charge in [0.25, 0.3) is 0 Å². The van der Waals surface area contributed by atoms with Gasteiger partial charge in [0, 0.05) is 30.1 Å². The van der Waals surface area contributed by atoms with Gasteiger partial charge in [0.15, 0.2) is 0 Å². The van der Waals surface area contributed by atoms with Gasteiger partial charge >= 0.3 is 0 Å². The van der Waals surface area contributed by atoms with Crippen LogP contribution in [0, 0.1) is 13.8 Å². The van der Waals surface area contributed by atoms with Gasteiger partial charge < -0.3 is 9.30 Å². The van der Waals surface area contributed by atoms with E-state index in [9.17, 15) is 0 Å². The van der Waals surface area contributed by atoms with Gasteiger partial charge in [0.1, 0.15) is 0 Å². The van der Waals surface area contributed by atoms with Gasteiger partial charge in [0.05, 0.1) is 22.5 Å². The molecule has 1 aromatic carbocycles. The minimum absolute atomic E-state index is 0.343. The highest BCUT2D eigenvalue weighted by Crippen LogP contribution is 2.25. The highest BCUT2D eigenvalue weighted by atomic mass is 32.1. The summed E-state index contributed by atoms with van der Waals surface area (Å²) in [6.45, 7) is 6.10. The number of nitrogens with zero attached hydrogens (tertiary/aromatic N) is 3. The van der Waals surface area contributed by atoms with Crippen LogP contribution < -0.4 is 5.43 Å². The van der Waals surface area contributed by atoms with Crippen molar-refractivity contribution in [2.24, 2.45) is 5.10 Å². The van der Waals surface area contributed by atoms with Crippen molar-refractivity contribution in [3.05, 3.63) is 47.3 Å². The van der Waals surface area contributed by atoms with Crippen LogP contribution in [0.5, 0.6) is 0 Å². The molecular formula is C19H22N4OS. The van der Waals surface area contributed by atoms with E-state index in [4.69, 9.17) is 4.74 Å². The topological polar surface area (TPSA) is 51.4 Å². The Hall–Kier alpha value is -2.18. The fourth-order valence-corrected chi connectivity index (χ4v) is 4.12. The lowest BCUT2D eigenvalue weighted by Crippen LogP contribution is -2.16. The highest BCUT2D eigenvalue weighted by Gasteiger charge is 2.18. The summed E-state index contributed by atoms with van der Waals surface area (Å²) in [6.07, 6.45) is 4.54. The fourth-order valence-electron chi connectivity index (χ4n) is 3.31. The van der Waals surface area contributed by atoms with Crippen molar-refractivity contribution in [3.8, 4) is 0 Å². The molecule has 1 N–H and O–H groups in total. The number of aromatic nitrogens is 2. The van der Waals surface area contributed by atoms with Crippen molar-refractivity contribution in [1.82, 2.24) is 9.55 Å². The maximum Gasteiger partial charge on any atom is 0.204 e. The summed E-state index contributed by atoms with van der Waals surface area (Å²) in [4.78, 5) is 4.53. The van der Waals surface area contributed by atoms with Gasteiger partial charge in [-0.15, -0.1) is 0 Å². The molecule has 0 unspecified atom stereocenters. The first-order chi connectivity index (χ1) is 12.2. The molecule has 0 radical (unpaired) electrons. The molecule has 5 nitrogen and oxygen atoms in total. The Morgan fingerprint density at radius 3 is 3.08 bits per heavy atom. The van der Waals surface area contributed by atoms with Crippen molar-refractivity contribution in [1.29, 1.82) is 0 Å². The van der Waals surface area contributed by atoms with Crippen LogP contribution in [0.3, 0.4) is 0 Å². The molecule has 6 heteroatoms. The number of anilines is 1. The summed E-state index contributed by atoms with van der Waals surface area (Å²) in [6, 6.07) is 10.3. The van der Waals surface area contributed by atoms with Crippen LogP contribution in [0.15, 0.2) is 35.4 Å². The second-order valence-corrected chi connectivity index (χ2v) is 7.46. The summed E-state index contributed by atoms with van der Waals surface area (Å²) in [5.74, 6) is 0. The Kier molecular flexibility index (Phi) is 4.55. The molecule has 2 aromatic heterocycles. The van der Waals surface area contributed by atoms with Crippen LogP contribution in [0.2, 0.25) is 0 Å². The van der Waals surface area contributed by atoms with Crippen LogP contribution in [0.1, 0.15) is 29.8 Å². The first-order valence-electron chi connectivity index (χ1n) is 8.63. The molecule has 25 heavy (non-hydrogen) atoms. The van der Waals surface area contributed by atoms with E-state index in [0.717, 1.165) is 40.5 Å². The Bertz CT molecular complexity index is 872. The number of rotatable bonds is 5. The number of hydrogen-bond acceptors (Lipinski definition) is 5. The molecule has 130 valence electrons. The summed E-state index contributed by atoms with van der Waals surface area (Å²) >= 11 is 1.61. The predicted molar refractivity (Wildman–Crippen MR) is 104 cm³/mol. The molecule has 1 atom stereocenters. The lowest BCUT2D eigenvalue weighted by Gasteiger charge is -2.14. The second kappa shape index (κ2) is 6.98.